The lowest BCUT2D eigenvalue weighted by molar-refractivity contribution is 0.0490. The van der Waals surface area contributed by atoms with Crippen LogP contribution in [-0.4, -0.2) is 22.8 Å². The molecular weight excluding hydrogens is 304 g/mol. The highest BCUT2D eigenvalue weighted by atomic mass is 16.5. The van der Waals surface area contributed by atoms with Crippen LogP contribution in [0.2, 0.25) is 0 Å². The van der Waals surface area contributed by atoms with E-state index in [4.69, 9.17) is 15.6 Å². The van der Waals surface area contributed by atoms with Gasteiger partial charge in [-0.05, 0) is 24.3 Å². The van der Waals surface area contributed by atoms with Crippen LogP contribution in [0.25, 0.3) is 11.5 Å². The van der Waals surface area contributed by atoms with Crippen LogP contribution < -0.4 is 0 Å². The van der Waals surface area contributed by atoms with Crippen LogP contribution in [-0.2, 0) is 4.74 Å². The monoisotopic (exact) mass is 318 g/mol. The molecule has 0 spiro atoms. The molecule has 5 heteroatoms. The van der Waals surface area contributed by atoms with Gasteiger partial charge in [-0.1, -0.05) is 42.3 Å². The molecule has 0 fully saturated rings. The van der Waals surface area contributed by atoms with Crippen molar-refractivity contribution in [2.75, 3.05) is 6.61 Å². The van der Waals surface area contributed by atoms with Crippen molar-refractivity contribution >= 4 is 5.97 Å². The number of ether oxygens (including phenoxy) is 1. The molecule has 0 bridgehead atoms. The molecule has 0 amide bonds. The normalized spacial score (nSPS) is 11.5. The van der Waals surface area contributed by atoms with Crippen LogP contribution in [0.1, 0.15) is 22.2 Å². The third-order valence-electron chi connectivity index (χ3n) is 3.35. The highest BCUT2D eigenvalue weighted by Gasteiger charge is 2.19. The lowest BCUT2D eigenvalue weighted by Crippen LogP contribution is -2.12. The lowest BCUT2D eigenvalue weighted by Gasteiger charge is -2.07. The van der Waals surface area contributed by atoms with Crippen molar-refractivity contribution in [3.8, 4) is 23.8 Å². The van der Waals surface area contributed by atoms with Gasteiger partial charge < -0.3 is 9.15 Å². The Hall–Kier alpha value is -3.39. The van der Waals surface area contributed by atoms with Gasteiger partial charge in [0.15, 0.2) is 0 Å². The highest BCUT2D eigenvalue weighted by molar-refractivity contribution is 5.89. The van der Waals surface area contributed by atoms with Crippen molar-refractivity contribution in [2.24, 2.45) is 0 Å². The molecule has 24 heavy (non-hydrogen) atoms. The number of hydrogen-bond acceptors (Lipinski definition) is 5. The molecule has 1 aromatic heterocycles. The Morgan fingerprint density at radius 1 is 1.08 bits per heavy atom. The zero-order valence-corrected chi connectivity index (χ0v) is 12.8. The van der Waals surface area contributed by atoms with Gasteiger partial charge in [0.25, 0.3) is 0 Å². The number of rotatable bonds is 5. The molecular formula is C19H14N2O3. The van der Waals surface area contributed by atoms with Crippen LogP contribution in [0.5, 0.6) is 0 Å². The summed E-state index contributed by atoms with van der Waals surface area (Å²) in [5.41, 5.74) is 1.26. The van der Waals surface area contributed by atoms with Gasteiger partial charge in [-0.15, -0.1) is 16.6 Å². The Bertz CT molecular complexity index is 851. The fourth-order valence-electron chi connectivity index (χ4n) is 2.08. The quantitative estimate of drug-likeness (QED) is 0.533. The van der Waals surface area contributed by atoms with E-state index in [0.29, 0.717) is 11.5 Å². The molecule has 1 unspecified atom stereocenters. The molecule has 0 radical (unpaired) electrons. The van der Waals surface area contributed by atoms with E-state index >= 15 is 0 Å². The summed E-state index contributed by atoms with van der Waals surface area (Å²) in [7, 11) is 0. The molecule has 0 aliphatic heterocycles. The van der Waals surface area contributed by atoms with E-state index in [0.717, 1.165) is 5.56 Å². The maximum Gasteiger partial charge on any atom is 0.338 e. The topological polar surface area (TPSA) is 65.2 Å². The summed E-state index contributed by atoms with van der Waals surface area (Å²) in [6.45, 7) is -0.0271. The van der Waals surface area contributed by atoms with Crippen molar-refractivity contribution in [1.82, 2.24) is 10.2 Å². The van der Waals surface area contributed by atoms with Crippen LogP contribution in [0.3, 0.4) is 0 Å². The maximum atomic E-state index is 12.0. The third kappa shape index (κ3) is 3.50. The first kappa shape index (κ1) is 15.5. The van der Waals surface area contributed by atoms with Gasteiger partial charge in [-0.25, -0.2) is 4.79 Å². The van der Waals surface area contributed by atoms with Crippen LogP contribution in [0.4, 0.5) is 0 Å². The molecule has 3 rings (SSSR count). The molecule has 0 saturated carbocycles. The van der Waals surface area contributed by atoms with Crippen molar-refractivity contribution < 1.29 is 13.9 Å². The predicted molar refractivity (Wildman–Crippen MR) is 88.0 cm³/mol. The van der Waals surface area contributed by atoms with E-state index in [1.807, 2.05) is 36.4 Å². The van der Waals surface area contributed by atoms with E-state index in [1.165, 1.54) is 0 Å². The van der Waals surface area contributed by atoms with Crippen molar-refractivity contribution in [3.05, 3.63) is 72.1 Å². The van der Waals surface area contributed by atoms with Gasteiger partial charge in [-0.2, -0.15) is 0 Å². The third-order valence-corrected chi connectivity index (χ3v) is 3.35. The zero-order chi connectivity index (χ0) is 16.8. The van der Waals surface area contributed by atoms with Crippen molar-refractivity contribution in [3.63, 3.8) is 0 Å². The standard InChI is InChI=1S/C19H14N2O3/c1-2-14(13-23-19(22)16-11-7-4-8-12-16)17-20-21-18(24-17)15-9-5-3-6-10-15/h1,3-12,14H,13H2. The predicted octanol–water partition coefficient (Wildman–Crippen LogP) is 3.31. The van der Waals surface area contributed by atoms with Gasteiger partial charge in [0, 0.05) is 5.56 Å². The van der Waals surface area contributed by atoms with Gasteiger partial charge in [0.2, 0.25) is 11.8 Å². The minimum absolute atomic E-state index is 0.0271. The minimum Gasteiger partial charge on any atom is -0.460 e. The first-order chi connectivity index (χ1) is 11.8. The van der Waals surface area contributed by atoms with Crippen molar-refractivity contribution in [1.29, 1.82) is 0 Å². The fraction of sp³-hybridized carbons (Fsp3) is 0.105. The maximum absolute atomic E-state index is 12.0. The summed E-state index contributed by atoms with van der Waals surface area (Å²) in [5.74, 6) is 2.10. The Labute approximate surface area is 139 Å². The molecule has 2 aromatic carbocycles. The summed E-state index contributed by atoms with van der Waals surface area (Å²) in [4.78, 5) is 12.0. The van der Waals surface area contributed by atoms with E-state index < -0.39 is 11.9 Å². The number of carbonyl (C=O) groups is 1. The molecule has 3 aromatic rings. The van der Waals surface area contributed by atoms with E-state index in [1.54, 1.807) is 24.3 Å². The molecule has 5 nitrogen and oxygen atoms in total. The Kier molecular flexibility index (Phi) is 4.68. The van der Waals surface area contributed by atoms with Crippen LogP contribution in [0, 0.1) is 12.3 Å². The summed E-state index contributed by atoms with van der Waals surface area (Å²) in [5, 5.41) is 7.95. The molecule has 0 aliphatic carbocycles. The lowest BCUT2D eigenvalue weighted by atomic mass is 10.2. The molecule has 1 heterocycles. The second-order valence-electron chi connectivity index (χ2n) is 5.00. The first-order valence-electron chi connectivity index (χ1n) is 7.35. The number of carbonyl (C=O) groups excluding carboxylic acids is 1. The average Bonchev–Trinajstić information content (AvgIpc) is 3.13. The first-order valence-corrected chi connectivity index (χ1v) is 7.35. The van der Waals surface area contributed by atoms with E-state index in [-0.39, 0.29) is 12.5 Å². The number of benzene rings is 2. The average molecular weight is 318 g/mol. The Balaban J connectivity index is 1.68. The molecule has 0 aliphatic rings. The zero-order valence-electron chi connectivity index (χ0n) is 12.8. The molecule has 1 atom stereocenters. The minimum atomic E-state index is -0.595. The van der Waals surface area contributed by atoms with Gasteiger partial charge in [0.05, 0.1) is 5.56 Å². The van der Waals surface area contributed by atoms with Crippen LogP contribution in [0.15, 0.2) is 65.1 Å². The van der Waals surface area contributed by atoms with Gasteiger partial charge in [0.1, 0.15) is 12.5 Å². The number of aromatic nitrogens is 2. The summed E-state index contributed by atoms with van der Waals surface area (Å²) < 4.78 is 10.8. The van der Waals surface area contributed by atoms with Gasteiger partial charge >= 0.3 is 5.97 Å². The van der Waals surface area contributed by atoms with E-state index in [9.17, 15) is 4.79 Å². The molecule has 0 N–H and O–H groups in total. The van der Waals surface area contributed by atoms with Crippen molar-refractivity contribution in [2.45, 2.75) is 5.92 Å². The SMILES string of the molecule is C#CC(COC(=O)c1ccccc1)c1nnc(-c2ccccc2)o1. The number of terminal acetylenes is 1. The number of esters is 1. The van der Waals surface area contributed by atoms with Crippen LogP contribution >= 0.6 is 0 Å². The fourth-order valence-corrected chi connectivity index (χ4v) is 2.08. The molecule has 0 saturated heterocycles. The summed E-state index contributed by atoms with van der Waals surface area (Å²) >= 11 is 0. The number of nitrogens with zero attached hydrogens (tertiary/aromatic N) is 2. The van der Waals surface area contributed by atoms with Gasteiger partial charge in [-0.3, -0.25) is 0 Å². The number of hydrogen-bond donors (Lipinski definition) is 0. The summed E-state index contributed by atoms with van der Waals surface area (Å²) in [6, 6.07) is 18.1. The second kappa shape index (κ2) is 7.25. The smallest absolute Gasteiger partial charge is 0.338 e. The summed E-state index contributed by atoms with van der Waals surface area (Å²) in [6.07, 6.45) is 5.51. The Morgan fingerprint density at radius 2 is 1.75 bits per heavy atom. The Morgan fingerprint density at radius 3 is 2.42 bits per heavy atom. The molecule has 118 valence electrons. The largest absolute Gasteiger partial charge is 0.460 e. The second-order valence-corrected chi connectivity index (χ2v) is 5.00. The van der Waals surface area contributed by atoms with E-state index in [2.05, 4.69) is 16.1 Å². The highest BCUT2D eigenvalue weighted by Crippen LogP contribution is 2.21.